The van der Waals surface area contributed by atoms with Gasteiger partial charge in [-0.3, -0.25) is 0 Å². The molecule has 20 heavy (non-hydrogen) atoms. The van der Waals surface area contributed by atoms with Gasteiger partial charge in [-0.05, 0) is 44.1 Å². The second kappa shape index (κ2) is 5.82. The van der Waals surface area contributed by atoms with Crippen molar-refractivity contribution in [2.45, 2.75) is 64.4 Å². The molecule has 2 N–H and O–H groups in total. The summed E-state index contributed by atoms with van der Waals surface area (Å²) in [5, 5.41) is 4.18. The summed E-state index contributed by atoms with van der Waals surface area (Å²) in [7, 11) is 1.75. The van der Waals surface area contributed by atoms with E-state index in [-0.39, 0.29) is 11.5 Å². The van der Waals surface area contributed by atoms with Gasteiger partial charge >= 0.3 is 0 Å². The molecular weight excluding hydrogens is 254 g/mol. The Kier molecular flexibility index (Phi) is 4.49. The van der Waals surface area contributed by atoms with E-state index in [2.05, 4.69) is 30.9 Å². The van der Waals surface area contributed by atoms with Crippen LogP contribution in [0.2, 0.25) is 0 Å². The molecular formula is C15H27N3O2. The average Bonchev–Trinajstić information content (AvgIpc) is 2.90. The third kappa shape index (κ3) is 3.04. The summed E-state index contributed by atoms with van der Waals surface area (Å²) in [4.78, 5) is 4.58. The van der Waals surface area contributed by atoms with E-state index in [1.165, 1.54) is 0 Å². The number of nitrogens with two attached hydrogens (primary N) is 1. The van der Waals surface area contributed by atoms with Crippen LogP contribution in [-0.4, -0.2) is 23.8 Å². The number of ether oxygens (including phenoxy) is 1. The molecule has 1 unspecified atom stereocenters. The lowest BCUT2D eigenvalue weighted by Gasteiger charge is -2.40. The van der Waals surface area contributed by atoms with E-state index in [0.717, 1.165) is 32.1 Å². The molecule has 1 aliphatic carbocycles. The lowest BCUT2D eigenvalue weighted by Crippen LogP contribution is -2.37. The van der Waals surface area contributed by atoms with Crippen molar-refractivity contribution in [2.75, 3.05) is 13.7 Å². The summed E-state index contributed by atoms with van der Waals surface area (Å²) in [5.74, 6) is 1.58. The number of hydrogen-bond donors (Lipinski definition) is 1. The quantitative estimate of drug-likeness (QED) is 0.898. The molecule has 114 valence electrons. The first-order valence-electron chi connectivity index (χ1n) is 7.52. The molecule has 5 heteroatoms. The minimum atomic E-state index is -0.375. The molecule has 1 atom stereocenters. The number of methoxy groups -OCH3 is 1. The van der Waals surface area contributed by atoms with Crippen LogP contribution in [0.5, 0.6) is 0 Å². The molecule has 1 fully saturated rings. The molecule has 1 aromatic heterocycles. The fourth-order valence-corrected chi connectivity index (χ4v) is 2.84. The second-order valence-electron chi connectivity index (χ2n) is 6.80. The second-order valence-corrected chi connectivity index (χ2v) is 6.80. The Bertz CT molecular complexity index is 432. The highest BCUT2D eigenvalue weighted by Crippen LogP contribution is 2.46. The maximum atomic E-state index is 5.80. The van der Waals surface area contributed by atoms with Crippen molar-refractivity contribution in [1.29, 1.82) is 0 Å². The van der Waals surface area contributed by atoms with Gasteiger partial charge in [0.1, 0.15) is 5.60 Å². The molecule has 0 spiro atoms. The molecule has 0 radical (unpaired) electrons. The van der Waals surface area contributed by atoms with Crippen molar-refractivity contribution >= 4 is 0 Å². The fraction of sp³-hybridized carbons (Fsp3) is 0.867. The topological polar surface area (TPSA) is 74.2 Å². The minimum absolute atomic E-state index is 0.204. The van der Waals surface area contributed by atoms with Crippen LogP contribution in [0.4, 0.5) is 0 Å². The Morgan fingerprint density at radius 1 is 1.30 bits per heavy atom. The van der Waals surface area contributed by atoms with Gasteiger partial charge in [0.05, 0.1) is 0 Å². The molecule has 2 rings (SSSR count). The number of nitrogens with zero attached hydrogens (tertiary/aromatic N) is 2. The zero-order valence-corrected chi connectivity index (χ0v) is 13.1. The summed E-state index contributed by atoms with van der Waals surface area (Å²) in [6.45, 7) is 7.30. The highest BCUT2D eigenvalue weighted by atomic mass is 16.5. The van der Waals surface area contributed by atoms with Gasteiger partial charge in [-0.25, -0.2) is 0 Å². The van der Waals surface area contributed by atoms with Crippen LogP contribution < -0.4 is 5.73 Å². The van der Waals surface area contributed by atoms with Crippen LogP contribution in [0.3, 0.4) is 0 Å². The fourth-order valence-electron chi connectivity index (χ4n) is 2.84. The third-order valence-electron chi connectivity index (χ3n) is 4.67. The van der Waals surface area contributed by atoms with Crippen molar-refractivity contribution in [3.05, 3.63) is 11.7 Å². The van der Waals surface area contributed by atoms with E-state index in [0.29, 0.717) is 23.7 Å². The van der Waals surface area contributed by atoms with E-state index >= 15 is 0 Å². The number of hydrogen-bond acceptors (Lipinski definition) is 5. The zero-order valence-electron chi connectivity index (χ0n) is 13.1. The monoisotopic (exact) mass is 281 g/mol. The molecule has 1 saturated carbocycles. The van der Waals surface area contributed by atoms with E-state index in [1.54, 1.807) is 7.11 Å². The van der Waals surface area contributed by atoms with Crippen LogP contribution in [0.1, 0.15) is 70.5 Å². The van der Waals surface area contributed by atoms with Crippen LogP contribution in [-0.2, 0) is 10.3 Å². The first kappa shape index (κ1) is 15.4. The van der Waals surface area contributed by atoms with Gasteiger partial charge in [-0.1, -0.05) is 25.9 Å². The van der Waals surface area contributed by atoms with Gasteiger partial charge < -0.3 is 15.0 Å². The summed E-state index contributed by atoms with van der Waals surface area (Å²) in [5.41, 5.74) is 5.58. The van der Waals surface area contributed by atoms with Gasteiger partial charge in [0.25, 0.3) is 0 Å². The predicted octanol–water partition coefficient (Wildman–Crippen LogP) is 2.96. The third-order valence-corrected chi connectivity index (χ3v) is 4.67. The highest BCUT2D eigenvalue weighted by Gasteiger charge is 2.43. The lowest BCUT2D eigenvalue weighted by molar-refractivity contribution is -0.0740. The molecule has 1 heterocycles. The van der Waals surface area contributed by atoms with Gasteiger partial charge in [-0.2, -0.15) is 4.98 Å². The standard InChI is InChI=1S/C15H27N3O2/c1-11(5-10-16)12-17-13(18-20-12)15(19-4)8-6-14(2,3)7-9-15/h11H,5-10,16H2,1-4H3. The van der Waals surface area contributed by atoms with Crippen molar-refractivity contribution in [3.63, 3.8) is 0 Å². The largest absolute Gasteiger partial charge is 0.370 e. The van der Waals surface area contributed by atoms with E-state index in [1.807, 2.05) is 0 Å². The molecule has 1 aromatic rings. The molecule has 0 aliphatic heterocycles. The molecule has 0 aromatic carbocycles. The Hall–Kier alpha value is -0.940. The molecule has 0 amide bonds. The summed E-state index contributed by atoms with van der Waals surface area (Å²) in [6, 6.07) is 0. The van der Waals surface area contributed by atoms with Crippen molar-refractivity contribution in [1.82, 2.24) is 10.1 Å². The van der Waals surface area contributed by atoms with Crippen LogP contribution in [0.25, 0.3) is 0 Å². The van der Waals surface area contributed by atoms with Gasteiger partial charge in [0.15, 0.2) is 0 Å². The SMILES string of the molecule is COC1(c2noc(C(C)CCN)n2)CCC(C)(C)CC1. The maximum Gasteiger partial charge on any atom is 0.229 e. The van der Waals surface area contributed by atoms with Gasteiger partial charge in [0.2, 0.25) is 11.7 Å². The maximum absolute atomic E-state index is 5.80. The van der Waals surface area contributed by atoms with E-state index in [9.17, 15) is 0 Å². The highest BCUT2D eigenvalue weighted by molar-refractivity contribution is 5.06. The van der Waals surface area contributed by atoms with Gasteiger partial charge in [-0.15, -0.1) is 0 Å². The average molecular weight is 281 g/mol. The van der Waals surface area contributed by atoms with Crippen molar-refractivity contribution in [3.8, 4) is 0 Å². The summed E-state index contributed by atoms with van der Waals surface area (Å²) < 4.78 is 11.2. The Morgan fingerprint density at radius 2 is 1.95 bits per heavy atom. The predicted molar refractivity (Wildman–Crippen MR) is 77.3 cm³/mol. The normalized spacial score (nSPS) is 22.6. The van der Waals surface area contributed by atoms with Crippen molar-refractivity contribution < 1.29 is 9.26 Å². The number of aromatic nitrogens is 2. The summed E-state index contributed by atoms with van der Waals surface area (Å²) in [6.07, 6.45) is 4.97. The van der Waals surface area contributed by atoms with Gasteiger partial charge in [0, 0.05) is 13.0 Å². The first-order chi connectivity index (χ1) is 9.42. The number of rotatable bonds is 5. The van der Waals surface area contributed by atoms with E-state index in [4.69, 9.17) is 15.0 Å². The van der Waals surface area contributed by atoms with Crippen LogP contribution in [0.15, 0.2) is 4.52 Å². The smallest absolute Gasteiger partial charge is 0.229 e. The first-order valence-corrected chi connectivity index (χ1v) is 7.52. The Labute approximate surface area is 121 Å². The van der Waals surface area contributed by atoms with E-state index < -0.39 is 0 Å². The zero-order chi connectivity index (χ0) is 14.8. The Balaban J connectivity index is 2.16. The van der Waals surface area contributed by atoms with Crippen LogP contribution in [0, 0.1) is 5.41 Å². The van der Waals surface area contributed by atoms with Crippen molar-refractivity contribution in [2.24, 2.45) is 11.1 Å². The molecule has 5 nitrogen and oxygen atoms in total. The minimum Gasteiger partial charge on any atom is -0.370 e. The molecule has 0 saturated heterocycles. The Morgan fingerprint density at radius 3 is 2.50 bits per heavy atom. The lowest BCUT2D eigenvalue weighted by atomic mass is 9.70. The molecule has 1 aliphatic rings. The molecule has 0 bridgehead atoms. The van der Waals surface area contributed by atoms with Crippen LogP contribution >= 0.6 is 0 Å². The summed E-state index contributed by atoms with van der Waals surface area (Å²) >= 11 is 0.